The van der Waals surface area contributed by atoms with E-state index in [0.29, 0.717) is 0 Å². The molecule has 1 aromatic carbocycles. The van der Waals surface area contributed by atoms with Crippen LogP contribution in [-0.4, -0.2) is 6.61 Å². The maximum Gasteiger partial charge on any atom is 0.115 e. The van der Waals surface area contributed by atoms with Crippen LogP contribution in [0.2, 0.25) is 5.02 Å². The Balaban J connectivity index is 2.28. The zero-order valence-corrected chi connectivity index (χ0v) is 12.2. The number of nitrogens with two attached hydrogens (primary N) is 1. The SMILES string of the molecule is NNC(C1=CCCCO1)c1ccc(I)c(Cl)c1. The lowest BCUT2D eigenvalue weighted by molar-refractivity contribution is 0.168. The fraction of sp³-hybridized carbons (Fsp3) is 0.333. The molecule has 5 heteroatoms. The van der Waals surface area contributed by atoms with Crippen LogP contribution >= 0.6 is 34.2 Å². The Hall–Kier alpha value is -0.300. The minimum Gasteiger partial charge on any atom is -0.496 e. The third-order valence-electron chi connectivity index (χ3n) is 2.69. The number of nitrogens with one attached hydrogen (secondary N) is 1. The number of benzene rings is 1. The van der Waals surface area contributed by atoms with E-state index in [1.54, 1.807) is 0 Å². The summed E-state index contributed by atoms with van der Waals surface area (Å²) in [6.07, 6.45) is 4.18. The van der Waals surface area contributed by atoms with Crippen LogP contribution < -0.4 is 11.3 Å². The molecule has 92 valence electrons. The third kappa shape index (κ3) is 3.13. The molecule has 17 heavy (non-hydrogen) atoms. The topological polar surface area (TPSA) is 47.3 Å². The van der Waals surface area contributed by atoms with Crippen LogP contribution in [0, 0.1) is 3.57 Å². The lowest BCUT2D eigenvalue weighted by Gasteiger charge is -2.23. The number of allylic oxidation sites excluding steroid dienone is 1. The van der Waals surface area contributed by atoms with Crippen molar-refractivity contribution in [3.8, 4) is 0 Å². The van der Waals surface area contributed by atoms with E-state index < -0.39 is 0 Å². The highest BCUT2D eigenvalue weighted by atomic mass is 127. The van der Waals surface area contributed by atoms with Crippen LogP contribution in [0.5, 0.6) is 0 Å². The predicted molar refractivity (Wildman–Crippen MR) is 77.5 cm³/mol. The molecule has 3 nitrogen and oxygen atoms in total. The van der Waals surface area contributed by atoms with Crippen LogP contribution in [0.1, 0.15) is 24.4 Å². The lowest BCUT2D eigenvalue weighted by atomic mass is 10.0. The number of hydrogen-bond donors (Lipinski definition) is 2. The molecule has 1 aliphatic rings. The number of hydrogen-bond acceptors (Lipinski definition) is 3. The van der Waals surface area contributed by atoms with Gasteiger partial charge in [-0.2, -0.15) is 0 Å². The van der Waals surface area contributed by atoms with Gasteiger partial charge in [0.2, 0.25) is 0 Å². The van der Waals surface area contributed by atoms with E-state index in [9.17, 15) is 0 Å². The summed E-state index contributed by atoms with van der Waals surface area (Å²) < 4.78 is 6.66. The molecule has 0 saturated carbocycles. The standard InChI is InChI=1S/C12H14ClIN2O/c13-9-7-8(4-5-10(9)14)12(16-15)11-3-1-2-6-17-11/h3-5,7,12,16H,1-2,6,15H2. The van der Waals surface area contributed by atoms with Gasteiger partial charge in [-0.05, 0) is 59.2 Å². The van der Waals surface area contributed by atoms with E-state index in [0.717, 1.165) is 39.4 Å². The summed E-state index contributed by atoms with van der Waals surface area (Å²) >= 11 is 8.32. The lowest BCUT2D eigenvalue weighted by Crippen LogP contribution is -2.31. The minimum absolute atomic E-state index is 0.121. The first-order valence-corrected chi connectivity index (χ1v) is 6.92. The first-order valence-electron chi connectivity index (χ1n) is 5.46. The van der Waals surface area contributed by atoms with Crippen LogP contribution in [0.25, 0.3) is 0 Å². The molecule has 1 unspecified atom stereocenters. The molecule has 0 amide bonds. The van der Waals surface area contributed by atoms with Gasteiger partial charge in [-0.25, -0.2) is 5.43 Å². The first kappa shape index (κ1) is 13.1. The van der Waals surface area contributed by atoms with E-state index >= 15 is 0 Å². The summed E-state index contributed by atoms with van der Waals surface area (Å²) in [5.74, 6) is 6.49. The second kappa shape index (κ2) is 6.04. The zero-order valence-electron chi connectivity index (χ0n) is 9.25. The molecule has 1 heterocycles. The Morgan fingerprint density at radius 1 is 1.47 bits per heavy atom. The Morgan fingerprint density at radius 2 is 2.29 bits per heavy atom. The van der Waals surface area contributed by atoms with Crippen molar-refractivity contribution < 1.29 is 4.74 Å². The Kier molecular flexibility index (Phi) is 4.67. The molecule has 1 aliphatic heterocycles. The average Bonchev–Trinajstić information content (AvgIpc) is 2.36. The van der Waals surface area contributed by atoms with Gasteiger partial charge in [0.25, 0.3) is 0 Å². The van der Waals surface area contributed by atoms with Gasteiger partial charge in [0.1, 0.15) is 11.8 Å². The third-order valence-corrected chi connectivity index (χ3v) is 4.26. The van der Waals surface area contributed by atoms with Crippen molar-refractivity contribution in [2.75, 3.05) is 6.61 Å². The monoisotopic (exact) mass is 364 g/mol. The van der Waals surface area contributed by atoms with Crippen molar-refractivity contribution in [1.29, 1.82) is 0 Å². The molecule has 0 aromatic heterocycles. The molecular weight excluding hydrogens is 351 g/mol. The van der Waals surface area contributed by atoms with Gasteiger partial charge in [-0.15, -0.1) is 0 Å². The fourth-order valence-electron chi connectivity index (χ4n) is 1.81. The van der Waals surface area contributed by atoms with Gasteiger partial charge >= 0.3 is 0 Å². The van der Waals surface area contributed by atoms with Crippen LogP contribution in [0.15, 0.2) is 30.0 Å². The normalized spacial score (nSPS) is 17.2. The molecular formula is C12H14ClIN2O. The zero-order chi connectivity index (χ0) is 12.3. The highest BCUT2D eigenvalue weighted by Crippen LogP contribution is 2.29. The number of ether oxygens (including phenoxy) is 1. The summed E-state index contributed by atoms with van der Waals surface area (Å²) in [7, 11) is 0. The van der Waals surface area contributed by atoms with Crippen molar-refractivity contribution in [1.82, 2.24) is 5.43 Å². The summed E-state index contributed by atoms with van der Waals surface area (Å²) in [5, 5.41) is 0.736. The Morgan fingerprint density at radius 3 is 2.88 bits per heavy atom. The molecule has 0 saturated heterocycles. The summed E-state index contributed by atoms with van der Waals surface area (Å²) in [4.78, 5) is 0. The van der Waals surface area contributed by atoms with Gasteiger partial charge < -0.3 is 4.74 Å². The van der Waals surface area contributed by atoms with Crippen molar-refractivity contribution in [3.05, 3.63) is 44.2 Å². The molecule has 0 aliphatic carbocycles. The molecule has 1 atom stereocenters. The highest BCUT2D eigenvalue weighted by molar-refractivity contribution is 14.1. The smallest absolute Gasteiger partial charge is 0.115 e. The van der Waals surface area contributed by atoms with E-state index in [1.807, 2.05) is 18.2 Å². The van der Waals surface area contributed by atoms with E-state index in [2.05, 4.69) is 34.1 Å². The maximum absolute atomic E-state index is 6.12. The van der Waals surface area contributed by atoms with Crippen molar-refractivity contribution in [2.24, 2.45) is 5.84 Å². The molecule has 0 radical (unpaired) electrons. The maximum atomic E-state index is 6.12. The summed E-state index contributed by atoms with van der Waals surface area (Å²) in [6, 6.07) is 5.79. The van der Waals surface area contributed by atoms with Gasteiger partial charge in [0, 0.05) is 3.57 Å². The number of rotatable bonds is 3. The fourth-order valence-corrected chi connectivity index (χ4v) is 2.34. The molecule has 1 aromatic rings. The van der Waals surface area contributed by atoms with Gasteiger partial charge in [-0.3, -0.25) is 5.84 Å². The molecule has 0 fully saturated rings. The number of halogens is 2. The first-order chi connectivity index (χ1) is 8.22. The Labute approximate surface area is 119 Å². The quantitative estimate of drug-likeness (QED) is 0.492. The van der Waals surface area contributed by atoms with Gasteiger partial charge in [-0.1, -0.05) is 17.7 Å². The second-order valence-electron chi connectivity index (χ2n) is 3.87. The summed E-state index contributed by atoms with van der Waals surface area (Å²) in [6.45, 7) is 0.752. The molecule has 0 bridgehead atoms. The van der Waals surface area contributed by atoms with E-state index in [4.69, 9.17) is 22.2 Å². The van der Waals surface area contributed by atoms with E-state index in [1.165, 1.54) is 0 Å². The predicted octanol–water partition coefficient (Wildman–Crippen LogP) is 3.14. The minimum atomic E-state index is -0.121. The van der Waals surface area contributed by atoms with Crippen molar-refractivity contribution >= 4 is 34.2 Å². The molecule has 2 rings (SSSR count). The van der Waals surface area contributed by atoms with Gasteiger partial charge in [0.05, 0.1) is 11.6 Å². The molecule has 0 spiro atoms. The highest BCUT2D eigenvalue weighted by Gasteiger charge is 2.19. The Bertz CT molecular complexity index is 437. The number of hydrazine groups is 1. The van der Waals surface area contributed by atoms with Crippen molar-refractivity contribution in [3.63, 3.8) is 0 Å². The van der Waals surface area contributed by atoms with Crippen molar-refractivity contribution in [2.45, 2.75) is 18.9 Å². The molecule has 3 N–H and O–H groups in total. The van der Waals surface area contributed by atoms with Crippen LogP contribution in [-0.2, 0) is 4.74 Å². The summed E-state index contributed by atoms with van der Waals surface area (Å²) in [5.41, 5.74) is 3.80. The second-order valence-corrected chi connectivity index (χ2v) is 5.44. The largest absolute Gasteiger partial charge is 0.496 e. The average molecular weight is 365 g/mol. The van der Waals surface area contributed by atoms with Crippen LogP contribution in [0.3, 0.4) is 0 Å². The van der Waals surface area contributed by atoms with E-state index in [-0.39, 0.29) is 6.04 Å². The van der Waals surface area contributed by atoms with Crippen LogP contribution in [0.4, 0.5) is 0 Å². The van der Waals surface area contributed by atoms with Gasteiger partial charge in [0.15, 0.2) is 0 Å².